The number of carboxylic acid groups (broad SMARTS) is 1. The Morgan fingerprint density at radius 2 is 1.49 bits per heavy atom. The number of carbonyl (C=O) groups excluding carboxylic acids is 3. The van der Waals surface area contributed by atoms with Crippen molar-refractivity contribution in [2.45, 2.75) is 63.7 Å². The van der Waals surface area contributed by atoms with Crippen LogP contribution in [0.2, 0.25) is 0 Å². The predicted molar refractivity (Wildman–Crippen MR) is 141 cm³/mol. The molecule has 2 aromatic rings. The Morgan fingerprint density at radius 3 is 2.00 bits per heavy atom. The Kier molecular flexibility index (Phi) is 11.9. The first-order valence-electron chi connectivity index (χ1n) is 12.4. The highest BCUT2D eigenvalue weighted by Crippen LogP contribution is 2.07. The lowest BCUT2D eigenvalue weighted by Crippen LogP contribution is -2.58. The largest absolute Gasteiger partial charge is 0.480 e. The van der Waals surface area contributed by atoms with Crippen molar-refractivity contribution in [1.82, 2.24) is 35.9 Å². The molecule has 16 nitrogen and oxygen atoms in total. The fourth-order valence-electron chi connectivity index (χ4n) is 3.64. The van der Waals surface area contributed by atoms with Crippen LogP contribution in [0.3, 0.4) is 0 Å². The zero-order valence-electron chi connectivity index (χ0n) is 21.9. The van der Waals surface area contributed by atoms with Crippen molar-refractivity contribution in [2.24, 2.45) is 28.1 Å². The lowest BCUT2D eigenvalue weighted by atomic mass is 10.0. The van der Waals surface area contributed by atoms with Crippen molar-refractivity contribution in [3.63, 3.8) is 0 Å². The average Bonchev–Trinajstić information content (AvgIpc) is 3.57. The van der Waals surface area contributed by atoms with Crippen molar-refractivity contribution < 1.29 is 24.3 Å². The van der Waals surface area contributed by atoms with E-state index in [2.05, 4.69) is 40.9 Å². The van der Waals surface area contributed by atoms with E-state index in [0.29, 0.717) is 17.8 Å². The molecule has 214 valence electrons. The quantitative estimate of drug-likeness (QED) is 0.0605. The molecule has 2 heterocycles. The van der Waals surface area contributed by atoms with Crippen molar-refractivity contribution in [1.29, 1.82) is 0 Å². The van der Waals surface area contributed by atoms with Crippen molar-refractivity contribution >= 4 is 29.7 Å². The number of aromatic amines is 2. The molecule has 12 N–H and O–H groups in total. The average molecular weight is 548 g/mol. The molecule has 2 rings (SSSR count). The molecule has 4 atom stereocenters. The van der Waals surface area contributed by atoms with Crippen LogP contribution in [0.5, 0.6) is 0 Å². The van der Waals surface area contributed by atoms with Gasteiger partial charge in [0.15, 0.2) is 5.96 Å². The number of guanidine groups is 1. The Labute approximate surface area is 225 Å². The van der Waals surface area contributed by atoms with Crippen LogP contribution in [0, 0.1) is 5.92 Å². The summed E-state index contributed by atoms with van der Waals surface area (Å²) < 4.78 is 0. The molecule has 0 aliphatic carbocycles. The third kappa shape index (κ3) is 10.4. The van der Waals surface area contributed by atoms with Gasteiger partial charge in [0.05, 0.1) is 18.7 Å². The van der Waals surface area contributed by atoms with Crippen molar-refractivity contribution in [3.05, 3.63) is 36.4 Å². The number of imidazole rings is 2. The Balaban J connectivity index is 2.19. The minimum atomic E-state index is -1.21. The van der Waals surface area contributed by atoms with Gasteiger partial charge in [0.25, 0.3) is 0 Å². The lowest BCUT2D eigenvalue weighted by Gasteiger charge is -2.26. The van der Waals surface area contributed by atoms with Gasteiger partial charge in [-0.05, 0) is 18.8 Å². The minimum absolute atomic E-state index is 0.00396. The van der Waals surface area contributed by atoms with Crippen LogP contribution in [0.15, 0.2) is 30.0 Å². The number of aliphatic imine (C=N–C) groups is 1. The fraction of sp³-hybridized carbons (Fsp3) is 0.522. The summed E-state index contributed by atoms with van der Waals surface area (Å²) in [6.45, 7) is 3.50. The van der Waals surface area contributed by atoms with E-state index >= 15 is 0 Å². The van der Waals surface area contributed by atoms with Crippen LogP contribution in [0.25, 0.3) is 0 Å². The molecule has 0 radical (unpaired) electrons. The standard InChI is InChI=1S/C23H37N11O5/c1-12(2)18(22(38)39)34-21(37)17(7-14-9-28-11-31-14)33-20(36)16(4-3-5-29-23(25)26)32-19(35)15(24)6-13-8-27-10-30-13/h8-12,15-18H,3-7,24H2,1-2H3,(H,27,30)(H,28,31)(H,32,35)(H,33,36)(H,34,37)(H,38,39)(H4,25,26,29). The number of nitrogens with zero attached hydrogens (tertiary/aromatic N) is 3. The summed E-state index contributed by atoms with van der Waals surface area (Å²) in [6, 6.07) is -4.41. The number of carboxylic acids is 1. The fourth-order valence-corrected chi connectivity index (χ4v) is 3.64. The van der Waals surface area contributed by atoms with E-state index in [0.717, 1.165) is 0 Å². The Hall–Kier alpha value is -4.47. The number of hydrogen-bond acceptors (Lipinski definition) is 8. The van der Waals surface area contributed by atoms with E-state index in [1.807, 2.05) is 0 Å². The van der Waals surface area contributed by atoms with E-state index in [1.54, 1.807) is 13.8 Å². The second-order valence-corrected chi connectivity index (χ2v) is 9.31. The number of carbonyl (C=O) groups is 4. The molecule has 16 heteroatoms. The molecule has 4 unspecified atom stereocenters. The number of aliphatic carboxylic acids is 1. The molecule has 0 aliphatic rings. The molecule has 0 bridgehead atoms. The molecule has 0 aliphatic heterocycles. The first kappa shape index (κ1) is 30.8. The summed E-state index contributed by atoms with van der Waals surface area (Å²) in [6.07, 6.45) is 6.50. The molecule has 39 heavy (non-hydrogen) atoms. The summed E-state index contributed by atoms with van der Waals surface area (Å²) in [5, 5.41) is 17.2. The molecule has 0 saturated carbocycles. The number of rotatable bonds is 16. The summed E-state index contributed by atoms with van der Waals surface area (Å²) in [4.78, 5) is 68.3. The van der Waals surface area contributed by atoms with Crippen molar-refractivity contribution in [2.75, 3.05) is 6.54 Å². The number of nitrogens with one attached hydrogen (secondary N) is 5. The topological polar surface area (TPSA) is 272 Å². The Bertz CT molecular complexity index is 1100. The van der Waals surface area contributed by atoms with E-state index in [-0.39, 0.29) is 31.8 Å². The lowest BCUT2D eigenvalue weighted by molar-refractivity contribution is -0.143. The van der Waals surface area contributed by atoms with Crippen LogP contribution in [-0.4, -0.2) is 85.4 Å². The summed E-state index contributed by atoms with van der Waals surface area (Å²) in [5.74, 6) is -3.70. The van der Waals surface area contributed by atoms with Gasteiger partial charge >= 0.3 is 5.97 Å². The smallest absolute Gasteiger partial charge is 0.326 e. The Morgan fingerprint density at radius 1 is 0.923 bits per heavy atom. The molecular weight excluding hydrogens is 510 g/mol. The van der Waals surface area contributed by atoms with Crippen molar-refractivity contribution in [3.8, 4) is 0 Å². The van der Waals surface area contributed by atoms with Crippen LogP contribution in [0.4, 0.5) is 0 Å². The van der Waals surface area contributed by atoms with Gasteiger partial charge in [-0.3, -0.25) is 19.4 Å². The minimum Gasteiger partial charge on any atom is -0.480 e. The van der Waals surface area contributed by atoms with Crippen LogP contribution < -0.4 is 33.2 Å². The first-order chi connectivity index (χ1) is 18.5. The monoisotopic (exact) mass is 547 g/mol. The van der Waals surface area contributed by atoms with E-state index in [9.17, 15) is 24.3 Å². The zero-order chi connectivity index (χ0) is 28.9. The third-order valence-corrected chi connectivity index (χ3v) is 5.75. The molecular formula is C23H37N11O5. The molecule has 2 aromatic heterocycles. The normalized spacial score (nSPS) is 14.1. The zero-order valence-corrected chi connectivity index (χ0v) is 21.9. The van der Waals surface area contributed by atoms with E-state index < -0.39 is 53.8 Å². The number of aromatic nitrogens is 4. The van der Waals surface area contributed by atoms with Gasteiger partial charge in [-0.15, -0.1) is 0 Å². The molecule has 0 aromatic carbocycles. The maximum absolute atomic E-state index is 13.4. The van der Waals surface area contributed by atoms with Gasteiger partial charge in [0, 0.05) is 43.2 Å². The van der Waals surface area contributed by atoms with Gasteiger partial charge in [-0.25, -0.2) is 14.8 Å². The second-order valence-electron chi connectivity index (χ2n) is 9.31. The van der Waals surface area contributed by atoms with Crippen LogP contribution in [0.1, 0.15) is 38.1 Å². The van der Waals surface area contributed by atoms with E-state index in [1.165, 1.54) is 25.0 Å². The number of nitrogens with two attached hydrogens (primary N) is 3. The summed E-state index contributed by atoms with van der Waals surface area (Å²) in [7, 11) is 0. The molecule has 0 saturated heterocycles. The van der Waals surface area contributed by atoms with Gasteiger partial charge in [-0.2, -0.15) is 0 Å². The second kappa shape index (κ2) is 15.1. The van der Waals surface area contributed by atoms with Gasteiger partial charge in [0.2, 0.25) is 17.7 Å². The molecule has 0 spiro atoms. The maximum atomic E-state index is 13.4. The third-order valence-electron chi connectivity index (χ3n) is 5.75. The molecule has 3 amide bonds. The highest BCUT2D eigenvalue weighted by Gasteiger charge is 2.31. The number of hydrogen-bond donors (Lipinski definition) is 9. The first-order valence-corrected chi connectivity index (χ1v) is 12.4. The van der Waals surface area contributed by atoms with Crippen LogP contribution >= 0.6 is 0 Å². The summed E-state index contributed by atoms with van der Waals surface area (Å²) in [5.41, 5.74) is 17.9. The summed E-state index contributed by atoms with van der Waals surface area (Å²) >= 11 is 0. The van der Waals surface area contributed by atoms with E-state index in [4.69, 9.17) is 17.2 Å². The molecule has 0 fully saturated rings. The van der Waals surface area contributed by atoms with Gasteiger partial charge in [0.1, 0.15) is 18.1 Å². The number of H-pyrrole nitrogens is 2. The predicted octanol–water partition coefficient (Wildman–Crippen LogP) is -2.51. The number of amides is 3. The highest BCUT2D eigenvalue weighted by atomic mass is 16.4. The highest BCUT2D eigenvalue weighted by molar-refractivity contribution is 5.94. The maximum Gasteiger partial charge on any atom is 0.326 e. The SMILES string of the molecule is CC(C)C(NC(=O)C(Cc1cnc[nH]1)NC(=O)C(CCCN=C(N)N)NC(=O)C(N)Cc1cnc[nH]1)C(=O)O. The van der Waals surface area contributed by atoms with Crippen LogP contribution in [-0.2, 0) is 32.0 Å². The van der Waals surface area contributed by atoms with Gasteiger partial charge in [-0.1, -0.05) is 13.8 Å². The van der Waals surface area contributed by atoms with Gasteiger partial charge < -0.3 is 48.2 Å².